The summed E-state index contributed by atoms with van der Waals surface area (Å²) in [5, 5.41) is 18.2. The maximum atomic E-state index is 13.0. The van der Waals surface area contributed by atoms with Gasteiger partial charge in [0.15, 0.2) is 17.3 Å². The van der Waals surface area contributed by atoms with E-state index in [0.717, 1.165) is 12.8 Å². The van der Waals surface area contributed by atoms with Gasteiger partial charge in [-0.3, -0.25) is 14.5 Å². The quantitative estimate of drug-likeness (QED) is 0.274. The molecular formula is C29H34B3N9O6. The Hall–Kier alpha value is -4.60. The molecule has 3 heterocycles. The number of nitrogens with one attached hydrogen (secondary N) is 3. The van der Waals surface area contributed by atoms with Crippen molar-refractivity contribution in [2.75, 3.05) is 43.9 Å². The van der Waals surface area contributed by atoms with E-state index in [1.54, 1.807) is 23.1 Å². The zero-order chi connectivity index (χ0) is 33.9. The smallest absolute Gasteiger partial charge is 0.410 e. The van der Waals surface area contributed by atoms with Crippen molar-refractivity contribution in [3.05, 3.63) is 35.9 Å². The number of nitrogens with zero attached hydrogens (tertiary/aromatic N) is 6. The molecule has 2 fully saturated rings. The molecular weight excluding hydrogens is 603 g/mol. The number of ether oxygens (including phenoxy) is 2. The van der Waals surface area contributed by atoms with Crippen LogP contribution >= 0.6 is 0 Å². The van der Waals surface area contributed by atoms with Crippen LogP contribution in [0.1, 0.15) is 50.0 Å². The highest BCUT2D eigenvalue weighted by molar-refractivity contribution is 6.60. The van der Waals surface area contributed by atoms with E-state index >= 15 is 0 Å². The second-order valence-electron chi connectivity index (χ2n) is 12.4. The van der Waals surface area contributed by atoms with Crippen LogP contribution in [0.4, 0.5) is 22.0 Å². The molecule has 1 aliphatic carbocycles. The van der Waals surface area contributed by atoms with Gasteiger partial charge in [-0.2, -0.15) is 4.98 Å². The van der Waals surface area contributed by atoms with Crippen LogP contribution in [0.2, 0.25) is 0 Å². The van der Waals surface area contributed by atoms with Crippen molar-refractivity contribution in [2.24, 2.45) is 5.92 Å². The number of piperazine rings is 1. The standard InChI is InChI=1S/C29H34B3N9O6/c1-28(2,3)46-27(44)41-12-10-40(11-13-41)15-21-35-24(39-47-21)17-6-5-7-18(23(17)45-4)33-19-14-20(34-25(42)16-8-9-16)37-38-22(19)26(43)36-29(30,31)32/h5-7,14,16H,8-13,15H2,1-4H3,(H,36,43)(H2,33,34,37,42). The van der Waals surface area contributed by atoms with Crippen molar-refractivity contribution in [1.29, 1.82) is 0 Å². The molecule has 0 bridgehead atoms. The minimum absolute atomic E-state index is 0.0815. The zero-order valence-electron chi connectivity index (χ0n) is 26.7. The predicted octanol–water partition coefficient (Wildman–Crippen LogP) is 1.53. The Kier molecular flexibility index (Phi) is 9.80. The number of methoxy groups -OCH3 is 1. The molecule has 5 rings (SSSR count). The number of carbonyl (C=O) groups is 3. The monoisotopic (exact) mass is 637 g/mol. The molecule has 240 valence electrons. The number of hydrogen-bond donors (Lipinski definition) is 3. The molecule has 47 heavy (non-hydrogen) atoms. The molecule has 2 aromatic heterocycles. The predicted molar refractivity (Wildman–Crippen MR) is 173 cm³/mol. The number of rotatable bonds is 10. The van der Waals surface area contributed by atoms with Crippen LogP contribution in [-0.2, 0) is 16.1 Å². The first kappa shape index (κ1) is 33.8. The highest BCUT2D eigenvalue weighted by Crippen LogP contribution is 2.38. The van der Waals surface area contributed by atoms with Gasteiger partial charge in [0.05, 0.1) is 54.1 Å². The van der Waals surface area contributed by atoms with Gasteiger partial charge in [0.2, 0.25) is 17.6 Å². The third-order valence-corrected chi connectivity index (χ3v) is 7.12. The number of hydrogen-bond acceptors (Lipinski definition) is 12. The highest BCUT2D eigenvalue weighted by Gasteiger charge is 2.31. The van der Waals surface area contributed by atoms with E-state index in [1.807, 2.05) is 20.8 Å². The van der Waals surface area contributed by atoms with Crippen molar-refractivity contribution in [3.63, 3.8) is 0 Å². The summed E-state index contributed by atoms with van der Waals surface area (Å²) in [5.41, 5.74) is 0.318. The Bertz CT molecular complexity index is 1630. The number of aromatic nitrogens is 4. The Morgan fingerprint density at radius 2 is 1.77 bits per heavy atom. The van der Waals surface area contributed by atoms with E-state index in [1.165, 1.54) is 13.2 Å². The number of benzene rings is 1. The lowest BCUT2D eigenvalue weighted by Gasteiger charge is -2.34. The van der Waals surface area contributed by atoms with Crippen LogP contribution in [-0.4, -0.2) is 116 Å². The maximum absolute atomic E-state index is 13.0. The summed E-state index contributed by atoms with van der Waals surface area (Å²) in [5.74, 6) is 0.0430. The lowest BCUT2D eigenvalue weighted by molar-refractivity contribution is -0.117. The summed E-state index contributed by atoms with van der Waals surface area (Å²) in [6.45, 7) is 8.14. The van der Waals surface area contributed by atoms with Crippen molar-refractivity contribution in [2.45, 2.75) is 51.0 Å². The second-order valence-corrected chi connectivity index (χ2v) is 12.4. The SMILES string of the molecule is [B]C([B])([B])NC(=O)c1nnc(NC(=O)C2CC2)cc1Nc1cccc(-c2noc(CN3CCN(C(=O)OC(C)(C)C)CC3)n2)c1OC. The number of para-hydroxylation sites is 1. The van der Waals surface area contributed by atoms with E-state index in [2.05, 4.69) is 41.2 Å². The lowest BCUT2D eigenvalue weighted by atomic mass is 9.49. The molecule has 3 amide bonds. The largest absolute Gasteiger partial charge is 0.494 e. The topological polar surface area (TPSA) is 177 Å². The van der Waals surface area contributed by atoms with Crippen LogP contribution in [0.25, 0.3) is 11.4 Å². The van der Waals surface area contributed by atoms with Crippen LogP contribution in [0.3, 0.4) is 0 Å². The lowest BCUT2D eigenvalue weighted by Crippen LogP contribution is -2.50. The molecule has 1 saturated heterocycles. The van der Waals surface area contributed by atoms with Crippen molar-refractivity contribution >= 4 is 58.6 Å². The van der Waals surface area contributed by atoms with Crippen LogP contribution < -0.4 is 20.7 Å². The van der Waals surface area contributed by atoms with E-state index in [9.17, 15) is 14.4 Å². The highest BCUT2D eigenvalue weighted by atomic mass is 16.6. The number of amides is 3. The van der Waals surface area contributed by atoms with E-state index in [-0.39, 0.29) is 40.9 Å². The van der Waals surface area contributed by atoms with E-state index in [0.29, 0.717) is 55.6 Å². The summed E-state index contributed by atoms with van der Waals surface area (Å²) in [6, 6.07) is 6.65. The molecule has 0 atom stereocenters. The Morgan fingerprint density at radius 1 is 1.04 bits per heavy atom. The van der Waals surface area contributed by atoms with E-state index in [4.69, 9.17) is 37.5 Å². The molecule has 0 spiro atoms. The minimum atomic E-state index is -2.02. The molecule has 15 nitrogen and oxygen atoms in total. The molecule has 1 aromatic carbocycles. The molecule has 1 aliphatic heterocycles. The first-order valence-electron chi connectivity index (χ1n) is 15.0. The maximum Gasteiger partial charge on any atom is 0.410 e. The van der Waals surface area contributed by atoms with Gasteiger partial charge in [-0.15, -0.1) is 10.2 Å². The fourth-order valence-corrected chi connectivity index (χ4v) is 4.76. The van der Waals surface area contributed by atoms with Gasteiger partial charge in [-0.05, 0) is 45.7 Å². The van der Waals surface area contributed by atoms with Crippen LogP contribution in [0.5, 0.6) is 5.75 Å². The fraction of sp³-hybridized carbons (Fsp3) is 0.483. The van der Waals surface area contributed by atoms with Gasteiger partial charge in [0.25, 0.3) is 5.91 Å². The third kappa shape index (κ3) is 9.02. The summed E-state index contributed by atoms with van der Waals surface area (Å²) in [7, 11) is 18.2. The third-order valence-electron chi connectivity index (χ3n) is 7.12. The summed E-state index contributed by atoms with van der Waals surface area (Å²) in [6.07, 6.45) is 1.25. The number of anilines is 3. The van der Waals surface area contributed by atoms with Crippen LogP contribution in [0, 0.1) is 5.92 Å². The molecule has 18 heteroatoms. The van der Waals surface area contributed by atoms with Gasteiger partial charge >= 0.3 is 6.09 Å². The van der Waals surface area contributed by atoms with Crippen molar-refractivity contribution in [1.82, 2.24) is 35.5 Å². The second kappa shape index (κ2) is 13.6. The Morgan fingerprint density at radius 3 is 2.40 bits per heavy atom. The first-order valence-corrected chi connectivity index (χ1v) is 15.0. The Labute approximate surface area is 276 Å². The first-order chi connectivity index (χ1) is 22.2. The Balaban J connectivity index is 1.33. The summed E-state index contributed by atoms with van der Waals surface area (Å²) < 4.78 is 16.8. The van der Waals surface area contributed by atoms with Crippen molar-refractivity contribution < 1.29 is 28.4 Å². The summed E-state index contributed by atoms with van der Waals surface area (Å²) >= 11 is 0. The van der Waals surface area contributed by atoms with Gasteiger partial charge in [0, 0.05) is 38.2 Å². The van der Waals surface area contributed by atoms with Crippen molar-refractivity contribution in [3.8, 4) is 17.1 Å². The molecule has 3 N–H and O–H groups in total. The molecule has 0 unspecified atom stereocenters. The molecule has 1 saturated carbocycles. The van der Waals surface area contributed by atoms with Gasteiger partial charge in [-0.25, -0.2) is 4.79 Å². The van der Waals surface area contributed by atoms with E-state index < -0.39 is 16.7 Å². The minimum Gasteiger partial charge on any atom is -0.494 e. The van der Waals surface area contributed by atoms with Gasteiger partial charge in [-0.1, -0.05) is 16.5 Å². The van der Waals surface area contributed by atoms with Gasteiger partial charge < -0.3 is 34.8 Å². The number of carbonyl (C=O) groups excluding carboxylic acids is 3. The average molecular weight is 637 g/mol. The summed E-state index contributed by atoms with van der Waals surface area (Å²) in [4.78, 5) is 46.1. The van der Waals surface area contributed by atoms with Gasteiger partial charge in [0.1, 0.15) is 5.60 Å². The zero-order valence-corrected chi connectivity index (χ0v) is 26.7. The molecule has 3 aromatic rings. The normalized spacial score (nSPS) is 15.5. The average Bonchev–Trinajstić information content (AvgIpc) is 3.74. The fourth-order valence-electron chi connectivity index (χ4n) is 4.76. The molecule has 6 radical (unpaired) electrons. The van der Waals surface area contributed by atoms with Crippen LogP contribution in [0.15, 0.2) is 28.8 Å². The molecule has 2 aliphatic rings.